The van der Waals surface area contributed by atoms with Gasteiger partial charge in [-0.2, -0.15) is 5.10 Å². The summed E-state index contributed by atoms with van der Waals surface area (Å²) in [7, 11) is 0. The summed E-state index contributed by atoms with van der Waals surface area (Å²) in [6, 6.07) is 25.9. The number of carbonyl (C=O) groups excluding carboxylic acids is 2. The predicted octanol–water partition coefficient (Wildman–Crippen LogP) is 7.13. The first-order chi connectivity index (χ1) is 19.5. The Morgan fingerprint density at radius 3 is 2.45 bits per heavy atom. The van der Waals surface area contributed by atoms with E-state index in [2.05, 4.69) is 17.0 Å². The van der Waals surface area contributed by atoms with E-state index >= 15 is 0 Å². The van der Waals surface area contributed by atoms with E-state index in [1.54, 1.807) is 5.01 Å². The second-order valence-corrected chi connectivity index (χ2v) is 10.9. The van der Waals surface area contributed by atoms with Gasteiger partial charge in [0.05, 0.1) is 23.9 Å². The minimum Gasteiger partial charge on any atom is -0.513 e. The van der Waals surface area contributed by atoms with E-state index in [-0.39, 0.29) is 23.5 Å². The van der Waals surface area contributed by atoms with Crippen molar-refractivity contribution in [2.24, 2.45) is 11.0 Å². The Hall–Kier alpha value is -4.19. The quantitative estimate of drug-likeness (QED) is 0.271. The number of hydrogen-bond donors (Lipinski definition) is 2. The molecule has 40 heavy (non-hydrogen) atoms. The second kappa shape index (κ2) is 12.8. The number of anilines is 1. The first-order valence-corrected chi connectivity index (χ1v) is 14.2. The molecule has 5 rings (SSSR count). The number of nitrogens with one attached hydrogen (secondary N) is 1. The summed E-state index contributed by atoms with van der Waals surface area (Å²) in [4.78, 5) is 26.3. The summed E-state index contributed by atoms with van der Waals surface area (Å²) in [5.74, 6) is 0.252. The van der Waals surface area contributed by atoms with Crippen LogP contribution < -0.4 is 5.32 Å². The van der Waals surface area contributed by atoms with Crippen LogP contribution in [-0.2, 0) is 22.6 Å². The van der Waals surface area contributed by atoms with Crippen LogP contribution in [0.4, 0.5) is 5.69 Å². The van der Waals surface area contributed by atoms with Gasteiger partial charge in [-0.25, -0.2) is 5.01 Å². The first-order valence-electron chi connectivity index (χ1n) is 14.2. The smallest absolute Gasteiger partial charge is 0.243 e. The largest absolute Gasteiger partial charge is 0.513 e. The molecular weight excluding hydrogens is 498 g/mol. The summed E-state index contributed by atoms with van der Waals surface area (Å²) in [6.45, 7) is 3.97. The molecule has 206 valence electrons. The van der Waals surface area contributed by atoms with Gasteiger partial charge in [0.1, 0.15) is 0 Å². The third-order valence-electron chi connectivity index (χ3n) is 7.93. The highest BCUT2D eigenvalue weighted by atomic mass is 16.3. The Bertz CT molecular complexity index is 1380. The number of aliphatic hydroxyl groups excluding tert-OH is 1. The zero-order valence-electron chi connectivity index (χ0n) is 22.9. The number of allylic oxidation sites excluding steroid dienone is 1. The first kappa shape index (κ1) is 27.4. The molecule has 0 radical (unpaired) electrons. The van der Waals surface area contributed by atoms with E-state index in [1.165, 1.54) is 0 Å². The van der Waals surface area contributed by atoms with E-state index in [0.717, 1.165) is 59.3 Å². The molecule has 0 saturated heterocycles. The average molecular weight is 536 g/mol. The number of amides is 2. The fourth-order valence-corrected chi connectivity index (χ4v) is 5.81. The third kappa shape index (κ3) is 6.87. The molecule has 0 bridgehead atoms. The van der Waals surface area contributed by atoms with E-state index in [9.17, 15) is 14.7 Å². The molecule has 0 spiro atoms. The number of nitrogens with zero attached hydrogens (tertiary/aromatic N) is 2. The molecular formula is C34H37N3O3. The van der Waals surface area contributed by atoms with Gasteiger partial charge in [-0.3, -0.25) is 9.59 Å². The maximum absolute atomic E-state index is 13.7. The third-order valence-corrected chi connectivity index (χ3v) is 7.93. The number of benzene rings is 3. The normalized spacial score (nSPS) is 16.4. The summed E-state index contributed by atoms with van der Waals surface area (Å²) in [6.07, 6.45) is 6.63. The van der Waals surface area contributed by atoms with Crippen molar-refractivity contribution in [2.75, 3.05) is 5.32 Å². The van der Waals surface area contributed by atoms with Crippen molar-refractivity contribution in [3.8, 4) is 0 Å². The van der Waals surface area contributed by atoms with E-state index < -0.39 is 0 Å². The van der Waals surface area contributed by atoms with Crippen LogP contribution in [0.1, 0.15) is 73.1 Å². The lowest BCUT2D eigenvalue weighted by molar-refractivity contribution is -0.132. The van der Waals surface area contributed by atoms with Crippen LogP contribution >= 0.6 is 0 Å². The Kier molecular flexibility index (Phi) is 8.74. The summed E-state index contributed by atoms with van der Waals surface area (Å²) >= 11 is 0. The molecule has 1 atom stereocenters. The molecule has 1 unspecified atom stereocenters. The Morgan fingerprint density at radius 1 is 0.975 bits per heavy atom. The number of aliphatic hydroxyl groups is 1. The fraction of sp³-hybridized carbons (Fsp3) is 0.324. The lowest BCUT2D eigenvalue weighted by Gasteiger charge is -2.25. The van der Waals surface area contributed by atoms with Gasteiger partial charge in [0, 0.05) is 24.9 Å². The van der Waals surface area contributed by atoms with Gasteiger partial charge in [-0.1, -0.05) is 86.2 Å². The van der Waals surface area contributed by atoms with Crippen LogP contribution in [0, 0.1) is 5.92 Å². The molecule has 1 aliphatic heterocycles. The number of aryl methyl sites for hydroxylation is 1. The predicted molar refractivity (Wildman–Crippen MR) is 159 cm³/mol. The zero-order chi connectivity index (χ0) is 27.9. The maximum Gasteiger partial charge on any atom is 0.243 e. The Morgan fingerprint density at radius 2 is 1.73 bits per heavy atom. The van der Waals surface area contributed by atoms with Crippen molar-refractivity contribution >= 4 is 23.2 Å². The lowest BCUT2D eigenvalue weighted by Crippen LogP contribution is -2.31. The molecule has 6 heteroatoms. The summed E-state index contributed by atoms with van der Waals surface area (Å²) < 4.78 is 0. The molecule has 1 saturated carbocycles. The molecule has 0 aromatic heterocycles. The van der Waals surface area contributed by atoms with E-state index in [1.807, 2.05) is 78.9 Å². The highest BCUT2D eigenvalue weighted by molar-refractivity contribution is 6.04. The van der Waals surface area contributed by atoms with Crippen molar-refractivity contribution in [3.05, 3.63) is 113 Å². The van der Waals surface area contributed by atoms with Gasteiger partial charge in [-0.05, 0) is 59.6 Å². The SMILES string of the molecule is C=C(O)CCc1cccc(NC(=O)C(c2ccc(CN3N=C(c4ccccc4)CCC3=O)cc2)C2CCCC2)c1. The topological polar surface area (TPSA) is 82.0 Å². The Balaban J connectivity index is 1.30. The van der Waals surface area contributed by atoms with Crippen molar-refractivity contribution in [1.82, 2.24) is 5.01 Å². The zero-order valence-corrected chi connectivity index (χ0v) is 22.9. The molecule has 2 amide bonds. The van der Waals surface area contributed by atoms with E-state index in [4.69, 9.17) is 0 Å². The fourth-order valence-electron chi connectivity index (χ4n) is 5.81. The van der Waals surface area contributed by atoms with Crippen LogP contribution in [-0.4, -0.2) is 27.6 Å². The van der Waals surface area contributed by atoms with Gasteiger partial charge in [-0.15, -0.1) is 0 Å². The van der Waals surface area contributed by atoms with Gasteiger partial charge >= 0.3 is 0 Å². The molecule has 3 aromatic carbocycles. The molecule has 1 heterocycles. The van der Waals surface area contributed by atoms with Gasteiger partial charge in [0.2, 0.25) is 11.8 Å². The number of rotatable bonds is 10. The maximum atomic E-state index is 13.7. The van der Waals surface area contributed by atoms with Gasteiger partial charge in [0.25, 0.3) is 0 Å². The van der Waals surface area contributed by atoms with Gasteiger partial charge < -0.3 is 10.4 Å². The minimum atomic E-state index is -0.239. The molecule has 1 fully saturated rings. The average Bonchev–Trinajstić information content (AvgIpc) is 3.49. The Labute approximate surface area is 236 Å². The van der Waals surface area contributed by atoms with Crippen LogP contribution in [0.2, 0.25) is 0 Å². The van der Waals surface area contributed by atoms with Crippen LogP contribution in [0.3, 0.4) is 0 Å². The highest BCUT2D eigenvalue weighted by Gasteiger charge is 2.32. The minimum absolute atomic E-state index is 0.00618. The molecule has 3 aromatic rings. The second-order valence-electron chi connectivity index (χ2n) is 10.9. The van der Waals surface area contributed by atoms with E-state index in [0.29, 0.717) is 38.1 Å². The molecule has 2 N–H and O–H groups in total. The van der Waals surface area contributed by atoms with Crippen LogP contribution in [0.25, 0.3) is 0 Å². The van der Waals surface area contributed by atoms with Crippen molar-refractivity contribution < 1.29 is 14.7 Å². The molecule has 1 aliphatic carbocycles. The van der Waals surface area contributed by atoms with Gasteiger partial charge in [0.15, 0.2) is 0 Å². The van der Waals surface area contributed by atoms with Crippen molar-refractivity contribution in [1.29, 1.82) is 0 Å². The standard InChI is InChI=1S/C34H37N3O3/c1-24(38)14-15-25-8-7-13-30(22-25)35-34(40)33(28-11-5-6-12-28)29-18-16-26(17-19-29)23-37-32(39)21-20-31(36-37)27-9-3-2-4-10-27/h2-4,7-10,13,16-19,22,28,33,38H,1,5-6,11-12,14-15,20-21,23H2,(H,35,40). The molecule has 2 aliphatic rings. The lowest BCUT2D eigenvalue weighted by atomic mass is 9.83. The van der Waals surface area contributed by atoms with Crippen LogP contribution in [0.15, 0.2) is 96.3 Å². The summed E-state index contributed by atoms with van der Waals surface area (Å²) in [5, 5.41) is 18.8. The van der Waals surface area contributed by atoms with Crippen molar-refractivity contribution in [2.45, 2.75) is 63.8 Å². The number of carbonyl (C=O) groups is 2. The highest BCUT2D eigenvalue weighted by Crippen LogP contribution is 2.38. The number of hydrazone groups is 1. The monoisotopic (exact) mass is 535 g/mol. The van der Waals surface area contributed by atoms with Crippen LogP contribution in [0.5, 0.6) is 0 Å². The number of hydrogen-bond acceptors (Lipinski definition) is 4. The van der Waals surface area contributed by atoms with Crippen molar-refractivity contribution in [3.63, 3.8) is 0 Å². The molecule has 6 nitrogen and oxygen atoms in total. The summed E-state index contributed by atoms with van der Waals surface area (Å²) in [5.41, 5.74) is 5.77.